The Labute approximate surface area is 147 Å². The molecule has 0 saturated carbocycles. The fourth-order valence-corrected chi connectivity index (χ4v) is 2.25. The molecule has 1 aromatic carbocycles. The molecule has 0 atom stereocenters. The Morgan fingerprint density at radius 1 is 1.28 bits per heavy atom. The van der Waals surface area contributed by atoms with Gasteiger partial charge in [-0.3, -0.25) is 4.79 Å². The van der Waals surface area contributed by atoms with Gasteiger partial charge in [0.15, 0.2) is 0 Å². The first-order valence-corrected chi connectivity index (χ1v) is 8.04. The van der Waals surface area contributed by atoms with Gasteiger partial charge in [-0.1, -0.05) is 6.07 Å². The summed E-state index contributed by atoms with van der Waals surface area (Å²) in [5, 5.41) is 14.9. The van der Waals surface area contributed by atoms with Gasteiger partial charge < -0.3 is 15.5 Å². The summed E-state index contributed by atoms with van der Waals surface area (Å²) in [7, 11) is 4.05. The second kappa shape index (κ2) is 8.76. The maximum atomic E-state index is 12.4. The molecule has 0 spiro atoms. The molecule has 0 aliphatic heterocycles. The zero-order chi connectivity index (χ0) is 18.2. The maximum absolute atomic E-state index is 12.4. The second-order valence-electron chi connectivity index (χ2n) is 5.92. The van der Waals surface area contributed by atoms with Crippen molar-refractivity contribution in [1.82, 2.24) is 14.9 Å². The Bertz CT molecular complexity index is 781. The topological polar surface area (TPSA) is 93.9 Å². The third-order valence-electron chi connectivity index (χ3n) is 3.41. The van der Waals surface area contributed by atoms with E-state index in [9.17, 15) is 4.79 Å². The monoisotopic (exact) mass is 338 g/mol. The summed E-state index contributed by atoms with van der Waals surface area (Å²) in [5.41, 5.74) is 1.32. The first-order valence-electron chi connectivity index (χ1n) is 8.04. The fraction of sp³-hybridized carbons (Fsp3) is 0.333. The van der Waals surface area contributed by atoms with Gasteiger partial charge in [-0.15, -0.1) is 0 Å². The number of amides is 1. The number of anilines is 2. The highest BCUT2D eigenvalue weighted by Gasteiger charge is 2.11. The molecule has 2 rings (SSSR count). The molecule has 7 heteroatoms. The van der Waals surface area contributed by atoms with Crippen LogP contribution in [0.5, 0.6) is 0 Å². The summed E-state index contributed by atoms with van der Waals surface area (Å²) < 4.78 is 0. The van der Waals surface area contributed by atoms with Crippen LogP contribution in [0.25, 0.3) is 0 Å². The van der Waals surface area contributed by atoms with Crippen molar-refractivity contribution in [2.75, 3.05) is 37.8 Å². The minimum Gasteiger partial charge on any atom is -0.370 e. The molecule has 0 unspecified atom stereocenters. The largest absolute Gasteiger partial charge is 0.370 e. The second-order valence-corrected chi connectivity index (χ2v) is 5.92. The first kappa shape index (κ1) is 18.4. The number of nitriles is 1. The maximum Gasteiger partial charge on any atom is 0.274 e. The minimum absolute atomic E-state index is 0.282. The number of benzene rings is 1. The lowest BCUT2D eigenvalue weighted by molar-refractivity contribution is 0.102. The molecule has 7 nitrogen and oxygen atoms in total. The van der Waals surface area contributed by atoms with E-state index in [0.29, 0.717) is 22.9 Å². The van der Waals surface area contributed by atoms with E-state index < -0.39 is 0 Å². The van der Waals surface area contributed by atoms with Crippen molar-refractivity contribution in [2.45, 2.75) is 13.3 Å². The van der Waals surface area contributed by atoms with Crippen molar-refractivity contribution >= 4 is 17.4 Å². The Morgan fingerprint density at radius 2 is 2.08 bits per heavy atom. The number of nitrogens with one attached hydrogen (secondary N) is 2. The lowest BCUT2D eigenvalue weighted by atomic mass is 10.2. The van der Waals surface area contributed by atoms with Crippen LogP contribution in [-0.4, -0.2) is 48.0 Å². The Balaban J connectivity index is 2.05. The van der Waals surface area contributed by atoms with Crippen molar-refractivity contribution in [2.24, 2.45) is 0 Å². The number of carbonyl (C=O) groups excluding carboxylic acids is 1. The summed E-state index contributed by atoms with van der Waals surface area (Å²) in [6.07, 6.45) is 0.971. The SMILES string of the molecule is Cc1nc(NCCCN(C)C)cc(C(=O)Nc2cccc(C#N)c2)n1. The molecular weight excluding hydrogens is 316 g/mol. The van der Waals surface area contributed by atoms with Crippen molar-refractivity contribution in [1.29, 1.82) is 5.26 Å². The standard InChI is InChI=1S/C18H22N6O/c1-13-21-16(11-17(22-13)20-8-5-9-24(2)3)18(25)23-15-7-4-6-14(10-15)12-19/h4,6-7,10-11H,5,8-9H2,1-3H3,(H,23,25)(H,20,21,22). The van der Waals surface area contributed by atoms with Crippen LogP contribution >= 0.6 is 0 Å². The summed E-state index contributed by atoms with van der Waals surface area (Å²) >= 11 is 0. The highest BCUT2D eigenvalue weighted by Crippen LogP contribution is 2.13. The molecule has 0 bridgehead atoms. The summed E-state index contributed by atoms with van der Waals surface area (Å²) in [6.45, 7) is 3.48. The van der Waals surface area contributed by atoms with Crippen LogP contribution in [-0.2, 0) is 0 Å². The summed E-state index contributed by atoms with van der Waals surface area (Å²) in [6, 6.07) is 10.4. The van der Waals surface area contributed by atoms with Gasteiger partial charge in [0.1, 0.15) is 17.3 Å². The van der Waals surface area contributed by atoms with Gasteiger partial charge in [-0.2, -0.15) is 5.26 Å². The van der Waals surface area contributed by atoms with Gasteiger partial charge in [0.2, 0.25) is 0 Å². The Morgan fingerprint density at radius 3 is 2.80 bits per heavy atom. The van der Waals surface area contributed by atoms with E-state index in [0.717, 1.165) is 19.5 Å². The highest BCUT2D eigenvalue weighted by atomic mass is 16.1. The quantitative estimate of drug-likeness (QED) is 0.752. The number of aromatic nitrogens is 2. The fourth-order valence-electron chi connectivity index (χ4n) is 2.25. The Hall–Kier alpha value is -2.98. The van der Waals surface area contributed by atoms with Crippen molar-refractivity contribution < 1.29 is 4.79 Å². The highest BCUT2D eigenvalue weighted by molar-refractivity contribution is 6.03. The molecule has 25 heavy (non-hydrogen) atoms. The molecule has 0 aliphatic rings. The van der Waals surface area contributed by atoms with E-state index in [-0.39, 0.29) is 11.6 Å². The van der Waals surface area contributed by atoms with E-state index in [2.05, 4.69) is 25.5 Å². The molecule has 0 aliphatic carbocycles. The van der Waals surface area contributed by atoms with Crippen LogP contribution in [0, 0.1) is 18.3 Å². The average molecular weight is 338 g/mol. The average Bonchev–Trinajstić information content (AvgIpc) is 2.58. The number of nitrogens with zero attached hydrogens (tertiary/aromatic N) is 4. The van der Waals surface area contributed by atoms with Crippen molar-refractivity contribution in [3.63, 3.8) is 0 Å². The molecule has 0 radical (unpaired) electrons. The van der Waals surface area contributed by atoms with Crippen LogP contribution in [0.15, 0.2) is 30.3 Å². The molecule has 0 saturated heterocycles. The van der Waals surface area contributed by atoms with Gasteiger partial charge >= 0.3 is 0 Å². The lowest BCUT2D eigenvalue weighted by Crippen LogP contribution is -2.18. The number of aryl methyl sites for hydroxylation is 1. The molecule has 130 valence electrons. The molecular formula is C18H22N6O. The van der Waals surface area contributed by atoms with Gasteiger partial charge in [0, 0.05) is 18.3 Å². The number of carbonyl (C=O) groups is 1. The molecule has 0 fully saturated rings. The Kier molecular flexibility index (Phi) is 6.43. The predicted octanol–water partition coefficient (Wildman–Crippen LogP) is 2.27. The molecule has 1 aromatic heterocycles. The van der Waals surface area contributed by atoms with Crippen LogP contribution < -0.4 is 10.6 Å². The lowest BCUT2D eigenvalue weighted by Gasteiger charge is -2.11. The van der Waals surface area contributed by atoms with Gasteiger partial charge in [-0.05, 0) is 52.2 Å². The van der Waals surface area contributed by atoms with Crippen molar-refractivity contribution in [3.05, 3.63) is 47.4 Å². The van der Waals surface area contributed by atoms with E-state index >= 15 is 0 Å². The number of hydrogen-bond acceptors (Lipinski definition) is 6. The van der Waals surface area contributed by atoms with Crippen LogP contribution in [0.1, 0.15) is 28.3 Å². The van der Waals surface area contributed by atoms with E-state index in [1.54, 1.807) is 37.3 Å². The smallest absolute Gasteiger partial charge is 0.274 e. The van der Waals surface area contributed by atoms with Crippen LogP contribution in [0.2, 0.25) is 0 Å². The van der Waals surface area contributed by atoms with Gasteiger partial charge in [-0.25, -0.2) is 9.97 Å². The third-order valence-corrected chi connectivity index (χ3v) is 3.41. The molecule has 1 heterocycles. The third kappa shape index (κ3) is 5.86. The minimum atomic E-state index is -0.336. The van der Waals surface area contributed by atoms with E-state index in [1.165, 1.54) is 0 Å². The number of hydrogen-bond donors (Lipinski definition) is 2. The van der Waals surface area contributed by atoms with Crippen LogP contribution in [0.3, 0.4) is 0 Å². The summed E-state index contributed by atoms with van der Waals surface area (Å²) in [5.74, 6) is 0.813. The molecule has 2 aromatic rings. The summed E-state index contributed by atoms with van der Waals surface area (Å²) in [4.78, 5) is 23.0. The normalized spacial score (nSPS) is 10.4. The van der Waals surface area contributed by atoms with E-state index in [1.807, 2.05) is 20.2 Å². The molecule has 2 N–H and O–H groups in total. The first-order chi connectivity index (χ1) is 12.0. The predicted molar refractivity (Wildman–Crippen MR) is 97.5 cm³/mol. The zero-order valence-corrected chi connectivity index (χ0v) is 14.7. The number of rotatable bonds is 7. The van der Waals surface area contributed by atoms with Crippen LogP contribution in [0.4, 0.5) is 11.5 Å². The van der Waals surface area contributed by atoms with Gasteiger partial charge in [0.05, 0.1) is 11.6 Å². The van der Waals surface area contributed by atoms with E-state index in [4.69, 9.17) is 5.26 Å². The van der Waals surface area contributed by atoms with Crippen molar-refractivity contribution in [3.8, 4) is 6.07 Å². The van der Waals surface area contributed by atoms with Gasteiger partial charge in [0.25, 0.3) is 5.91 Å². The zero-order valence-electron chi connectivity index (χ0n) is 14.7. The molecule has 1 amide bonds.